The molecule has 0 amide bonds. The van der Waals surface area contributed by atoms with E-state index in [2.05, 4.69) is 10.3 Å². The van der Waals surface area contributed by atoms with Crippen LogP contribution in [0.3, 0.4) is 0 Å². The Balaban J connectivity index is 2.60. The van der Waals surface area contributed by atoms with Gasteiger partial charge in [0.15, 0.2) is 0 Å². The van der Waals surface area contributed by atoms with Crippen molar-refractivity contribution in [2.45, 2.75) is 13.0 Å². The van der Waals surface area contributed by atoms with Crippen molar-refractivity contribution >= 4 is 11.7 Å². The lowest BCUT2D eigenvalue weighted by atomic mass is 10.3. The van der Waals surface area contributed by atoms with E-state index in [0.29, 0.717) is 6.61 Å². The van der Waals surface area contributed by atoms with Crippen molar-refractivity contribution in [1.82, 2.24) is 4.98 Å². The van der Waals surface area contributed by atoms with Gasteiger partial charge in [0, 0.05) is 13.2 Å². The minimum Gasteiger partial charge on any atom is -0.477 e. The Hall–Kier alpha value is -1.62. The van der Waals surface area contributed by atoms with Gasteiger partial charge in [-0.3, -0.25) is 0 Å². The van der Waals surface area contributed by atoms with Gasteiger partial charge in [-0.25, -0.2) is 9.78 Å². The van der Waals surface area contributed by atoms with Crippen molar-refractivity contribution in [3.8, 4) is 0 Å². The van der Waals surface area contributed by atoms with Crippen LogP contribution in [0.5, 0.6) is 0 Å². The zero-order chi connectivity index (χ0) is 11.3. The molecule has 1 heterocycles. The Bertz CT molecular complexity index is 324. The predicted molar refractivity (Wildman–Crippen MR) is 56.2 cm³/mol. The molecule has 0 aromatic carbocycles. The molecule has 0 spiro atoms. The molecule has 1 unspecified atom stereocenters. The second-order valence-corrected chi connectivity index (χ2v) is 3.24. The number of rotatable bonds is 5. The number of pyridine rings is 1. The summed E-state index contributed by atoms with van der Waals surface area (Å²) in [7, 11) is 1.63. The number of ether oxygens (including phenoxy) is 1. The average molecular weight is 210 g/mol. The van der Waals surface area contributed by atoms with Gasteiger partial charge >= 0.3 is 5.97 Å². The van der Waals surface area contributed by atoms with E-state index >= 15 is 0 Å². The molecule has 1 aromatic rings. The van der Waals surface area contributed by atoms with Gasteiger partial charge in [-0.2, -0.15) is 0 Å². The van der Waals surface area contributed by atoms with Crippen LogP contribution in [0.25, 0.3) is 0 Å². The van der Waals surface area contributed by atoms with Gasteiger partial charge < -0.3 is 15.2 Å². The van der Waals surface area contributed by atoms with Crippen LogP contribution in [0, 0.1) is 0 Å². The largest absolute Gasteiger partial charge is 0.477 e. The maximum atomic E-state index is 10.5. The third kappa shape index (κ3) is 3.55. The third-order valence-electron chi connectivity index (χ3n) is 1.81. The standard InChI is InChI=1S/C10H14N2O3/c1-7(6-15-2)12-8-3-4-9(10(13)14)11-5-8/h3-5,7,12H,6H2,1-2H3,(H,13,14). The summed E-state index contributed by atoms with van der Waals surface area (Å²) in [6.07, 6.45) is 1.50. The highest BCUT2D eigenvalue weighted by molar-refractivity contribution is 5.85. The van der Waals surface area contributed by atoms with Crippen molar-refractivity contribution in [1.29, 1.82) is 0 Å². The monoisotopic (exact) mass is 210 g/mol. The maximum Gasteiger partial charge on any atom is 0.354 e. The van der Waals surface area contributed by atoms with E-state index in [1.54, 1.807) is 13.2 Å². The first-order chi connectivity index (χ1) is 7.13. The van der Waals surface area contributed by atoms with E-state index < -0.39 is 5.97 Å². The average Bonchev–Trinajstić information content (AvgIpc) is 2.18. The lowest BCUT2D eigenvalue weighted by Crippen LogP contribution is -2.20. The van der Waals surface area contributed by atoms with Crippen molar-refractivity contribution in [2.75, 3.05) is 19.0 Å². The van der Waals surface area contributed by atoms with Crippen LogP contribution in [0.4, 0.5) is 5.69 Å². The van der Waals surface area contributed by atoms with Crippen molar-refractivity contribution in [3.05, 3.63) is 24.0 Å². The first kappa shape index (κ1) is 11.5. The lowest BCUT2D eigenvalue weighted by Gasteiger charge is -2.13. The molecule has 0 aliphatic rings. The van der Waals surface area contributed by atoms with Crippen molar-refractivity contribution in [3.63, 3.8) is 0 Å². The topological polar surface area (TPSA) is 71.5 Å². The molecule has 5 heteroatoms. The molecule has 0 radical (unpaired) electrons. The Morgan fingerprint density at radius 2 is 2.40 bits per heavy atom. The summed E-state index contributed by atoms with van der Waals surface area (Å²) < 4.78 is 4.96. The van der Waals surface area contributed by atoms with Crippen LogP contribution in [0.1, 0.15) is 17.4 Å². The molecular formula is C10H14N2O3. The number of nitrogens with one attached hydrogen (secondary N) is 1. The normalized spacial score (nSPS) is 12.1. The summed E-state index contributed by atoms with van der Waals surface area (Å²) in [5.74, 6) is -1.02. The highest BCUT2D eigenvalue weighted by Crippen LogP contribution is 2.07. The molecule has 0 bridgehead atoms. The number of carboxylic acid groups (broad SMARTS) is 1. The molecule has 0 aliphatic carbocycles. The van der Waals surface area contributed by atoms with Crippen LogP contribution < -0.4 is 5.32 Å². The lowest BCUT2D eigenvalue weighted by molar-refractivity contribution is 0.0690. The zero-order valence-corrected chi connectivity index (χ0v) is 8.73. The molecule has 5 nitrogen and oxygen atoms in total. The van der Waals surface area contributed by atoms with E-state index in [1.165, 1.54) is 12.3 Å². The number of aromatic nitrogens is 1. The number of carboxylic acids is 1. The third-order valence-corrected chi connectivity index (χ3v) is 1.81. The van der Waals surface area contributed by atoms with Crippen LogP contribution >= 0.6 is 0 Å². The van der Waals surface area contributed by atoms with Gasteiger partial charge in [0.1, 0.15) is 5.69 Å². The van der Waals surface area contributed by atoms with Gasteiger partial charge in [0.2, 0.25) is 0 Å². The minimum absolute atomic E-state index is 0.0416. The highest BCUT2D eigenvalue weighted by atomic mass is 16.5. The molecule has 0 saturated carbocycles. The number of methoxy groups -OCH3 is 1. The fraction of sp³-hybridized carbons (Fsp3) is 0.400. The molecule has 0 aliphatic heterocycles. The molecule has 82 valence electrons. The molecule has 15 heavy (non-hydrogen) atoms. The molecule has 2 N–H and O–H groups in total. The smallest absolute Gasteiger partial charge is 0.354 e. The van der Waals surface area contributed by atoms with Gasteiger partial charge in [-0.1, -0.05) is 0 Å². The van der Waals surface area contributed by atoms with Crippen molar-refractivity contribution < 1.29 is 14.6 Å². The molecule has 1 atom stereocenters. The fourth-order valence-electron chi connectivity index (χ4n) is 1.18. The fourth-order valence-corrected chi connectivity index (χ4v) is 1.18. The highest BCUT2D eigenvalue weighted by Gasteiger charge is 2.05. The van der Waals surface area contributed by atoms with Crippen molar-refractivity contribution in [2.24, 2.45) is 0 Å². The van der Waals surface area contributed by atoms with Crippen LogP contribution in [0.15, 0.2) is 18.3 Å². The van der Waals surface area contributed by atoms with Crippen LogP contribution in [0.2, 0.25) is 0 Å². The van der Waals surface area contributed by atoms with E-state index in [9.17, 15) is 4.79 Å². The first-order valence-electron chi connectivity index (χ1n) is 4.58. The predicted octanol–water partition coefficient (Wildman–Crippen LogP) is 1.23. The minimum atomic E-state index is -1.02. The van der Waals surface area contributed by atoms with E-state index in [1.807, 2.05) is 6.92 Å². The number of aromatic carboxylic acids is 1. The van der Waals surface area contributed by atoms with Gasteiger partial charge in [0.25, 0.3) is 0 Å². The summed E-state index contributed by atoms with van der Waals surface area (Å²) in [4.78, 5) is 14.3. The van der Waals surface area contributed by atoms with E-state index in [4.69, 9.17) is 9.84 Å². The zero-order valence-electron chi connectivity index (χ0n) is 8.73. The quantitative estimate of drug-likeness (QED) is 0.764. The Morgan fingerprint density at radius 3 is 2.87 bits per heavy atom. The van der Waals surface area contributed by atoms with Crippen LogP contribution in [-0.4, -0.2) is 35.8 Å². The number of carbonyl (C=O) groups is 1. The van der Waals surface area contributed by atoms with Gasteiger partial charge in [-0.15, -0.1) is 0 Å². The number of hydrogen-bond donors (Lipinski definition) is 2. The van der Waals surface area contributed by atoms with E-state index in [0.717, 1.165) is 5.69 Å². The SMILES string of the molecule is COCC(C)Nc1ccc(C(=O)O)nc1. The second-order valence-electron chi connectivity index (χ2n) is 3.24. The molecular weight excluding hydrogens is 196 g/mol. The Morgan fingerprint density at radius 1 is 1.67 bits per heavy atom. The molecule has 0 fully saturated rings. The molecule has 1 rings (SSSR count). The summed E-state index contributed by atoms with van der Waals surface area (Å²) >= 11 is 0. The number of nitrogens with zero attached hydrogens (tertiary/aromatic N) is 1. The first-order valence-corrected chi connectivity index (χ1v) is 4.58. The molecule has 0 saturated heterocycles. The maximum absolute atomic E-state index is 10.5. The Labute approximate surface area is 88.1 Å². The Kier molecular flexibility index (Phi) is 4.05. The summed E-state index contributed by atoms with van der Waals surface area (Å²) in [6.45, 7) is 2.55. The number of hydrogen-bond acceptors (Lipinski definition) is 4. The summed E-state index contributed by atoms with van der Waals surface area (Å²) in [5.41, 5.74) is 0.824. The van der Waals surface area contributed by atoms with E-state index in [-0.39, 0.29) is 11.7 Å². The van der Waals surface area contributed by atoms with Gasteiger partial charge in [0.05, 0.1) is 18.5 Å². The summed E-state index contributed by atoms with van der Waals surface area (Å²) in [5, 5.41) is 11.8. The molecule has 1 aromatic heterocycles. The second kappa shape index (κ2) is 5.31. The van der Waals surface area contributed by atoms with Crippen LogP contribution in [-0.2, 0) is 4.74 Å². The van der Waals surface area contributed by atoms with Gasteiger partial charge in [-0.05, 0) is 19.1 Å². The summed E-state index contributed by atoms with van der Waals surface area (Å²) in [6, 6.07) is 3.31. The number of anilines is 1.